The van der Waals surface area contributed by atoms with Gasteiger partial charge in [0.05, 0.1) is 11.4 Å². The van der Waals surface area contributed by atoms with Gasteiger partial charge in [-0.05, 0) is 204 Å². The van der Waals surface area contributed by atoms with E-state index in [1.807, 2.05) is 0 Å². The van der Waals surface area contributed by atoms with E-state index >= 15 is 0 Å². The second kappa shape index (κ2) is 17.4. The fourth-order valence-electron chi connectivity index (χ4n) is 14.2. The van der Waals surface area contributed by atoms with Crippen LogP contribution in [-0.2, 0) is 5.41 Å². The molecule has 2 nitrogen and oxygen atoms in total. The van der Waals surface area contributed by atoms with E-state index in [0.29, 0.717) is 0 Å². The van der Waals surface area contributed by atoms with Crippen molar-refractivity contribution in [1.82, 2.24) is 0 Å². The van der Waals surface area contributed by atoms with Gasteiger partial charge >= 0.3 is 0 Å². The topological polar surface area (TPSA) is 6.48 Å². The van der Waals surface area contributed by atoms with E-state index in [9.17, 15) is 0 Å². The maximum absolute atomic E-state index is 2.55. The number of fused-ring (bicyclic) bond motifs is 19. The molecule has 378 valence electrons. The Balaban J connectivity index is 0.853. The Labute approximate surface area is 469 Å². The average molecular weight is 1030 g/mol. The van der Waals surface area contributed by atoms with Crippen molar-refractivity contribution in [3.05, 3.63) is 290 Å². The van der Waals surface area contributed by atoms with Crippen molar-refractivity contribution in [2.45, 2.75) is 19.3 Å². The van der Waals surface area contributed by atoms with Crippen molar-refractivity contribution in [2.75, 3.05) is 9.80 Å². The first kappa shape index (κ1) is 45.7. The van der Waals surface area contributed by atoms with Crippen LogP contribution in [0.3, 0.4) is 0 Å². The van der Waals surface area contributed by atoms with Crippen LogP contribution < -0.4 is 9.80 Å². The lowest BCUT2D eigenvalue weighted by atomic mass is 9.80. The highest BCUT2D eigenvalue weighted by Crippen LogP contribution is 2.55. The van der Waals surface area contributed by atoms with Crippen LogP contribution in [0.5, 0.6) is 0 Å². The minimum atomic E-state index is -0.272. The summed E-state index contributed by atoms with van der Waals surface area (Å²) in [6.45, 7) is 4.88. The van der Waals surface area contributed by atoms with Crippen molar-refractivity contribution in [1.29, 1.82) is 0 Å². The van der Waals surface area contributed by atoms with E-state index in [4.69, 9.17) is 0 Å². The van der Waals surface area contributed by atoms with Gasteiger partial charge < -0.3 is 9.80 Å². The Hall–Kier alpha value is -10.3. The summed E-state index contributed by atoms with van der Waals surface area (Å²) in [7, 11) is 0. The first-order valence-corrected chi connectivity index (χ1v) is 28.3. The van der Waals surface area contributed by atoms with Crippen LogP contribution in [0.25, 0.3) is 119 Å². The summed E-state index contributed by atoms with van der Waals surface area (Å²) in [6.07, 6.45) is 0. The maximum atomic E-state index is 2.55. The van der Waals surface area contributed by atoms with Crippen LogP contribution in [0, 0.1) is 0 Å². The molecule has 0 saturated carbocycles. The molecule has 0 N–H and O–H groups in total. The molecule has 0 amide bonds. The van der Waals surface area contributed by atoms with E-state index < -0.39 is 0 Å². The predicted octanol–water partition coefficient (Wildman–Crippen LogP) is 22.5. The minimum absolute atomic E-state index is 0.272. The van der Waals surface area contributed by atoms with Gasteiger partial charge in [-0.2, -0.15) is 0 Å². The molecular weight excluding hydrogens is 977 g/mol. The highest BCUT2D eigenvalue weighted by atomic mass is 15.1. The molecule has 17 rings (SSSR count). The van der Waals surface area contributed by atoms with E-state index in [1.165, 1.54) is 130 Å². The van der Waals surface area contributed by atoms with Crippen LogP contribution >= 0.6 is 0 Å². The Morgan fingerprint density at radius 3 is 0.926 bits per heavy atom. The number of rotatable bonds is 6. The summed E-state index contributed by atoms with van der Waals surface area (Å²) >= 11 is 0. The normalized spacial score (nSPS) is 12.9. The second-order valence-electron chi connectivity index (χ2n) is 22.8. The zero-order valence-electron chi connectivity index (χ0n) is 45.0. The molecule has 1 aliphatic carbocycles. The van der Waals surface area contributed by atoms with Gasteiger partial charge in [0.15, 0.2) is 0 Å². The molecule has 2 heteroatoms. The quantitative estimate of drug-likeness (QED) is 0.153. The van der Waals surface area contributed by atoms with Crippen molar-refractivity contribution in [2.24, 2.45) is 0 Å². The third-order valence-electron chi connectivity index (χ3n) is 18.1. The standard InChI is InChI=1S/C79H52N2/c1-79(2)75-47-71-65-39-37-57(80(55-35-33-49-17-3-5-21-53(49)41-55)77-31-15-23-51-19-7-9-25-59(51)77)43-67(65)61-27-11-13-29-63(61)69(71)45-73(75)74-46-70-64-30-14-12-28-62(64)68-44-58(38-40-66(68)72(70)48-76(74)79)81(56-36-34-50-18-4-6-22-54(50)42-56)78-32-16-24-52-20-8-10-26-60(52)78/h3-48H,1-2H3. The molecule has 0 aromatic heterocycles. The molecule has 1 aliphatic rings. The van der Waals surface area contributed by atoms with Crippen LogP contribution in [0.1, 0.15) is 25.0 Å². The monoisotopic (exact) mass is 1030 g/mol. The van der Waals surface area contributed by atoms with Gasteiger partial charge in [-0.1, -0.05) is 208 Å². The smallest absolute Gasteiger partial charge is 0.0540 e. The summed E-state index contributed by atoms with van der Waals surface area (Å²) in [6, 6.07) is 105. The molecule has 0 bridgehead atoms. The molecule has 0 spiro atoms. The van der Waals surface area contributed by atoms with Gasteiger partial charge in [0, 0.05) is 38.9 Å². The lowest BCUT2D eigenvalue weighted by Gasteiger charge is -2.28. The van der Waals surface area contributed by atoms with Crippen molar-refractivity contribution in [3.63, 3.8) is 0 Å². The number of nitrogens with zero attached hydrogens (tertiary/aromatic N) is 2. The molecule has 0 atom stereocenters. The molecule has 16 aromatic carbocycles. The predicted molar refractivity (Wildman–Crippen MR) is 348 cm³/mol. The first-order valence-electron chi connectivity index (χ1n) is 28.3. The lowest BCUT2D eigenvalue weighted by Crippen LogP contribution is -2.15. The third-order valence-corrected chi connectivity index (χ3v) is 18.1. The van der Waals surface area contributed by atoms with Gasteiger partial charge in [0.25, 0.3) is 0 Å². The number of benzene rings is 16. The SMILES string of the molecule is CC1(C)c2cc3c4ccc(N(c5ccc6ccccc6c5)c5cccc6ccccc56)cc4c4ccccc4c3cc2-c2cc3c4ccccc4c4cc(N(c5ccc6ccccc6c5)c5cccc6ccccc56)ccc4c3cc21. The van der Waals surface area contributed by atoms with Gasteiger partial charge in [-0.3, -0.25) is 0 Å². The summed E-state index contributed by atoms with van der Waals surface area (Å²) in [4.78, 5) is 4.92. The largest absolute Gasteiger partial charge is 0.310 e. The molecule has 0 radical (unpaired) electrons. The van der Waals surface area contributed by atoms with E-state index in [-0.39, 0.29) is 5.41 Å². The molecule has 0 fully saturated rings. The lowest BCUT2D eigenvalue weighted by molar-refractivity contribution is 0.662. The average Bonchev–Trinajstić information content (AvgIpc) is 3.83. The summed E-state index contributed by atoms with van der Waals surface area (Å²) < 4.78 is 0. The van der Waals surface area contributed by atoms with E-state index in [2.05, 4.69) is 303 Å². The molecule has 16 aromatic rings. The zero-order valence-corrected chi connectivity index (χ0v) is 45.0. The minimum Gasteiger partial charge on any atom is -0.310 e. The zero-order chi connectivity index (χ0) is 53.5. The van der Waals surface area contributed by atoms with Crippen molar-refractivity contribution >= 4 is 142 Å². The van der Waals surface area contributed by atoms with E-state index in [1.54, 1.807) is 0 Å². The highest BCUT2D eigenvalue weighted by Gasteiger charge is 2.37. The molecular formula is C79H52N2. The summed E-state index contributed by atoms with van der Waals surface area (Å²) in [5, 5.41) is 25.0. The Bertz CT molecular complexity index is 5010. The summed E-state index contributed by atoms with van der Waals surface area (Å²) in [5.41, 5.74) is 11.9. The van der Waals surface area contributed by atoms with Gasteiger partial charge in [-0.15, -0.1) is 0 Å². The Morgan fingerprint density at radius 1 is 0.210 bits per heavy atom. The molecule has 0 heterocycles. The Morgan fingerprint density at radius 2 is 0.506 bits per heavy atom. The molecule has 0 saturated heterocycles. The van der Waals surface area contributed by atoms with E-state index in [0.717, 1.165) is 34.1 Å². The third kappa shape index (κ3) is 6.87. The fraction of sp³-hybridized carbons (Fsp3) is 0.0380. The fourth-order valence-corrected chi connectivity index (χ4v) is 14.2. The van der Waals surface area contributed by atoms with Crippen LogP contribution in [0.2, 0.25) is 0 Å². The Kier molecular flexibility index (Phi) is 9.80. The maximum Gasteiger partial charge on any atom is 0.0540 e. The molecule has 0 unspecified atom stereocenters. The number of hydrogen-bond donors (Lipinski definition) is 0. The van der Waals surface area contributed by atoms with Gasteiger partial charge in [0.1, 0.15) is 0 Å². The first-order chi connectivity index (χ1) is 39.9. The van der Waals surface area contributed by atoms with Crippen LogP contribution in [0.15, 0.2) is 279 Å². The summed E-state index contributed by atoms with van der Waals surface area (Å²) in [5.74, 6) is 0. The van der Waals surface area contributed by atoms with Crippen molar-refractivity contribution < 1.29 is 0 Å². The van der Waals surface area contributed by atoms with Crippen LogP contribution in [0.4, 0.5) is 34.1 Å². The number of anilines is 6. The van der Waals surface area contributed by atoms with Crippen LogP contribution in [-0.4, -0.2) is 0 Å². The highest BCUT2D eigenvalue weighted by molar-refractivity contribution is 6.29. The van der Waals surface area contributed by atoms with Gasteiger partial charge in [-0.25, -0.2) is 0 Å². The molecule has 0 aliphatic heterocycles. The number of hydrogen-bond acceptors (Lipinski definition) is 2. The molecule has 81 heavy (non-hydrogen) atoms. The van der Waals surface area contributed by atoms with Gasteiger partial charge in [0.2, 0.25) is 0 Å². The van der Waals surface area contributed by atoms with Crippen molar-refractivity contribution in [3.8, 4) is 11.1 Å². The second-order valence-corrected chi connectivity index (χ2v) is 22.8.